The molecule has 2 aromatic heterocycles. The smallest absolute Gasteiger partial charge is 0.308 e. The van der Waals surface area contributed by atoms with E-state index in [1.54, 1.807) is 29.1 Å². The third kappa shape index (κ3) is 3.77. The molecule has 2 N–H and O–H groups in total. The Balaban J connectivity index is 1.54. The van der Waals surface area contributed by atoms with Crippen LogP contribution in [0.15, 0.2) is 54.9 Å². The Bertz CT molecular complexity index is 1190. The Hall–Kier alpha value is -3.52. The van der Waals surface area contributed by atoms with Gasteiger partial charge in [0.1, 0.15) is 17.2 Å². The van der Waals surface area contributed by atoms with E-state index in [9.17, 15) is 9.18 Å². The van der Waals surface area contributed by atoms with Crippen molar-refractivity contribution in [2.45, 2.75) is 0 Å². The van der Waals surface area contributed by atoms with Gasteiger partial charge in [0.2, 0.25) is 0 Å². The van der Waals surface area contributed by atoms with Crippen molar-refractivity contribution in [3.05, 3.63) is 65.7 Å². The standard InChI is InChI=1S/C19H14ClFN6O/c1-27-7-6-16(26-27)18-10-22-15-5-3-12(9-17(15)25-18)24-19(28)23-11-2-4-14(21)13(20)8-11/h2-10H,1H3,(H2,23,24,28). The zero-order chi connectivity index (χ0) is 19.7. The minimum absolute atomic E-state index is 0.0687. The third-order valence-corrected chi connectivity index (χ3v) is 4.24. The number of benzene rings is 2. The molecule has 140 valence electrons. The van der Waals surface area contributed by atoms with Crippen molar-refractivity contribution in [1.82, 2.24) is 19.7 Å². The van der Waals surface area contributed by atoms with Crippen LogP contribution in [0.2, 0.25) is 5.02 Å². The van der Waals surface area contributed by atoms with Crippen LogP contribution >= 0.6 is 11.6 Å². The first-order valence-corrected chi connectivity index (χ1v) is 8.65. The van der Waals surface area contributed by atoms with E-state index in [1.807, 2.05) is 19.3 Å². The number of nitrogens with zero attached hydrogens (tertiary/aromatic N) is 4. The Morgan fingerprint density at radius 2 is 1.79 bits per heavy atom. The largest absolute Gasteiger partial charge is 0.323 e. The first-order valence-electron chi connectivity index (χ1n) is 8.28. The molecule has 7 nitrogen and oxygen atoms in total. The van der Waals surface area contributed by atoms with Crippen molar-refractivity contribution < 1.29 is 9.18 Å². The summed E-state index contributed by atoms with van der Waals surface area (Å²) < 4.78 is 14.9. The summed E-state index contributed by atoms with van der Waals surface area (Å²) in [5.41, 5.74) is 3.56. The molecule has 0 bridgehead atoms. The molecule has 9 heteroatoms. The van der Waals surface area contributed by atoms with Crippen LogP contribution in [0.3, 0.4) is 0 Å². The maximum Gasteiger partial charge on any atom is 0.323 e. The van der Waals surface area contributed by atoms with Gasteiger partial charge in [-0.3, -0.25) is 9.67 Å². The van der Waals surface area contributed by atoms with Crippen LogP contribution in [0.25, 0.3) is 22.4 Å². The first-order chi connectivity index (χ1) is 13.5. The second-order valence-corrected chi connectivity index (χ2v) is 6.45. The van der Waals surface area contributed by atoms with Gasteiger partial charge in [0.25, 0.3) is 0 Å². The van der Waals surface area contributed by atoms with Gasteiger partial charge >= 0.3 is 6.03 Å². The zero-order valence-corrected chi connectivity index (χ0v) is 15.4. The second-order valence-electron chi connectivity index (χ2n) is 6.04. The summed E-state index contributed by atoms with van der Waals surface area (Å²) in [7, 11) is 1.83. The predicted molar refractivity (Wildman–Crippen MR) is 106 cm³/mol. The number of aromatic nitrogens is 4. The van der Waals surface area contributed by atoms with Crippen molar-refractivity contribution in [1.29, 1.82) is 0 Å². The SMILES string of the molecule is Cn1ccc(-c2cnc3ccc(NC(=O)Nc4ccc(F)c(Cl)c4)cc3n2)n1. The highest BCUT2D eigenvalue weighted by atomic mass is 35.5. The van der Waals surface area contributed by atoms with E-state index in [0.717, 1.165) is 0 Å². The van der Waals surface area contributed by atoms with Crippen molar-refractivity contribution >= 4 is 40.0 Å². The van der Waals surface area contributed by atoms with Crippen LogP contribution < -0.4 is 10.6 Å². The molecule has 4 aromatic rings. The maximum absolute atomic E-state index is 13.2. The minimum atomic E-state index is -0.551. The van der Waals surface area contributed by atoms with E-state index in [-0.39, 0.29) is 5.02 Å². The van der Waals surface area contributed by atoms with Gasteiger partial charge in [0, 0.05) is 24.6 Å². The van der Waals surface area contributed by atoms with E-state index in [4.69, 9.17) is 11.6 Å². The molecule has 4 rings (SSSR count). The summed E-state index contributed by atoms with van der Waals surface area (Å²) in [5, 5.41) is 9.55. The second kappa shape index (κ2) is 7.24. The normalized spacial score (nSPS) is 10.8. The number of fused-ring (bicyclic) bond motifs is 1. The molecule has 0 fully saturated rings. The summed E-state index contributed by atoms with van der Waals surface area (Å²) >= 11 is 5.72. The molecule has 0 aliphatic rings. The first kappa shape index (κ1) is 17.9. The number of halogens is 2. The number of hydrogen-bond acceptors (Lipinski definition) is 4. The number of hydrogen-bond donors (Lipinski definition) is 2. The number of amides is 2. The van der Waals surface area contributed by atoms with Gasteiger partial charge in [0.15, 0.2) is 0 Å². The topological polar surface area (TPSA) is 84.7 Å². The van der Waals surface area contributed by atoms with Gasteiger partial charge in [-0.2, -0.15) is 5.10 Å². The molecule has 0 spiro atoms. The van der Waals surface area contributed by atoms with Gasteiger partial charge in [0.05, 0.1) is 22.3 Å². The number of carbonyl (C=O) groups is 1. The number of urea groups is 1. The van der Waals surface area contributed by atoms with Crippen molar-refractivity contribution in [3.8, 4) is 11.4 Å². The van der Waals surface area contributed by atoms with E-state index in [0.29, 0.717) is 33.8 Å². The van der Waals surface area contributed by atoms with E-state index in [1.165, 1.54) is 18.2 Å². The molecular weight excluding hydrogens is 383 g/mol. The highest BCUT2D eigenvalue weighted by Gasteiger charge is 2.09. The van der Waals surface area contributed by atoms with Crippen LogP contribution in [-0.4, -0.2) is 25.8 Å². The quantitative estimate of drug-likeness (QED) is 0.535. The average molecular weight is 397 g/mol. The highest BCUT2D eigenvalue weighted by molar-refractivity contribution is 6.31. The van der Waals surface area contributed by atoms with Crippen LogP contribution in [0.4, 0.5) is 20.6 Å². The zero-order valence-electron chi connectivity index (χ0n) is 14.6. The summed E-state index contributed by atoms with van der Waals surface area (Å²) in [6, 6.07) is 10.5. The molecule has 2 aromatic carbocycles. The summed E-state index contributed by atoms with van der Waals surface area (Å²) in [6.07, 6.45) is 3.48. The minimum Gasteiger partial charge on any atom is -0.308 e. The third-order valence-electron chi connectivity index (χ3n) is 3.95. The molecule has 0 saturated carbocycles. The molecule has 2 amide bonds. The van der Waals surface area contributed by atoms with Gasteiger partial charge in [-0.25, -0.2) is 14.2 Å². The molecule has 0 unspecified atom stereocenters. The van der Waals surface area contributed by atoms with Crippen LogP contribution in [0, 0.1) is 5.82 Å². The lowest BCUT2D eigenvalue weighted by Gasteiger charge is -2.09. The number of rotatable bonds is 3. The molecule has 28 heavy (non-hydrogen) atoms. The van der Waals surface area contributed by atoms with Crippen molar-refractivity contribution in [2.24, 2.45) is 7.05 Å². The summed E-state index contributed by atoms with van der Waals surface area (Å²) in [5.74, 6) is -0.551. The highest BCUT2D eigenvalue weighted by Crippen LogP contribution is 2.22. The maximum atomic E-state index is 13.2. The fraction of sp³-hybridized carbons (Fsp3) is 0.0526. The van der Waals surface area contributed by atoms with Crippen LogP contribution in [0.1, 0.15) is 0 Å². The Kier molecular flexibility index (Phi) is 4.62. The van der Waals surface area contributed by atoms with E-state index < -0.39 is 11.8 Å². The Morgan fingerprint density at radius 3 is 2.50 bits per heavy atom. The molecule has 2 heterocycles. The lowest BCUT2D eigenvalue weighted by Crippen LogP contribution is -2.19. The van der Waals surface area contributed by atoms with Crippen molar-refractivity contribution in [3.63, 3.8) is 0 Å². The van der Waals surface area contributed by atoms with Gasteiger partial charge in [-0.1, -0.05) is 11.6 Å². The van der Waals surface area contributed by atoms with Crippen LogP contribution in [0.5, 0.6) is 0 Å². The summed E-state index contributed by atoms with van der Waals surface area (Å²) in [6.45, 7) is 0. The van der Waals surface area contributed by atoms with Gasteiger partial charge < -0.3 is 10.6 Å². The number of aryl methyl sites for hydroxylation is 1. The molecule has 0 aliphatic carbocycles. The molecule has 0 aliphatic heterocycles. The summed E-state index contributed by atoms with van der Waals surface area (Å²) in [4.78, 5) is 21.1. The Labute approximate surface area is 164 Å². The van der Waals surface area contributed by atoms with Gasteiger partial charge in [-0.15, -0.1) is 0 Å². The number of carbonyl (C=O) groups excluding carboxylic acids is 1. The molecule has 0 saturated heterocycles. The lowest BCUT2D eigenvalue weighted by atomic mass is 10.2. The number of nitrogens with one attached hydrogen (secondary N) is 2. The molecule has 0 radical (unpaired) electrons. The van der Waals surface area contributed by atoms with Crippen LogP contribution in [-0.2, 0) is 7.05 Å². The Morgan fingerprint density at radius 1 is 1.04 bits per heavy atom. The molecular formula is C19H14ClFN6O. The predicted octanol–water partition coefficient (Wildman–Crippen LogP) is 4.47. The van der Waals surface area contributed by atoms with Gasteiger partial charge in [-0.05, 0) is 42.5 Å². The van der Waals surface area contributed by atoms with E-state index >= 15 is 0 Å². The fourth-order valence-electron chi connectivity index (χ4n) is 2.63. The average Bonchev–Trinajstić information content (AvgIpc) is 3.10. The van der Waals surface area contributed by atoms with E-state index in [2.05, 4.69) is 25.7 Å². The fourth-order valence-corrected chi connectivity index (χ4v) is 2.81. The van der Waals surface area contributed by atoms with Crippen molar-refractivity contribution in [2.75, 3.05) is 10.6 Å². The molecule has 0 atom stereocenters. The number of anilines is 2. The lowest BCUT2D eigenvalue weighted by molar-refractivity contribution is 0.262. The monoisotopic (exact) mass is 396 g/mol.